The number of benzene rings is 1. The molecule has 1 aromatic heterocycles. The molecule has 147 valence electrons. The smallest absolute Gasteiger partial charge is 0.0267 e. The number of hydrogen-bond donors (Lipinski definition) is 0. The summed E-state index contributed by atoms with van der Waals surface area (Å²) in [5.74, 6) is 0. The Morgan fingerprint density at radius 1 is 0.458 bits per heavy atom. The van der Waals surface area contributed by atoms with Gasteiger partial charge in [0, 0.05) is 13.8 Å². The molecular formula is C22H45BkN. The van der Waals surface area contributed by atoms with E-state index in [-0.39, 0.29) is 0 Å². The quantitative estimate of drug-likeness (QED) is 0.309. The third-order valence-electron chi connectivity index (χ3n) is 1.23. The Labute approximate surface area is 150 Å². The van der Waals surface area contributed by atoms with E-state index in [2.05, 4.69) is 4.98 Å². The zero-order valence-corrected chi connectivity index (χ0v) is 20.9. The van der Waals surface area contributed by atoms with Crippen LogP contribution in [-0.2, 0) is 0 Å². The third kappa shape index (κ3) is 74.5. The van der Waals surface area contributed by atoms with Crippen molar-refractivity contribution in [3.05, 3.63) is 67.0 Å². The van der Waals surface area contributed by atoms with E-state index in [1.165, 1.54) is 7.40 Å². The first-order valence-electron chi connectivity index (χ1n) is 9.85. The molecule has 0 fully saturated rings. The molecule has 0 aliphatic heterocycles. The number of hydrogen-bond acceptors (Lipinski definition) is 1. The second kappa shape index (κ2) is 87.1. The standard InChI is InChI=1S/C6H6.C5H5N.5C2H6.CH4.Bk/c2*1-2-4-6-5-3-1;5*1-2;;/h1-6H;1-5H;5*1-2H3;1H4;/i;;;;;;;1D;. The van der Waals surface area contributed by atoms with Crippen LogP contribution in [0.15, 0.2) is 67.0 Å². The van der Waals surface area contributed by atoms with Gasteiger partial charge in [-0.05, 0) is 12.1 Å². The average molecular weight is 572 g/mol. The van der Waals surface area contributed by atoms with Gasteiger partial charge in [-0.3, -0.25) is 4.98 Å². The van der Waals surface area contributed by atoms with E-state index in [1.807, 2.05) is 124 Å². The Balaban J connectivity index is -0.0000000321. The van der Waals surface area contributed by atoms with Gasteiger partial charge < -0.3 is 0 Å². The molecule has 0 aliphatic rings. The van der Waals surface area contributed by atoms with Crippen LogP contribution in [0.3, 0.4) is 0 Å². The SMILES string of the molecule is CC.CC.CC.CC.CC.[2H]C.[Bk].c1ccccc1.c1ccncc1. The van der Waals surface area contributed by atoms with Crippen LogP contribution in [0.4, 0.5) is 0 Å². The van der Waals surface area contributed by atoms with Crippen molar-refractivity contribution in [3.8, 4) is 0 Å². The molecule has 0 saturated carbocycles. The van der Waals surface area contributed by atoms with Crippen LogP contribution in [0.2, 0.25) is 0 Å². The summed E-state index contributed by atoms with van der Waals surface area (Å²) >= 11 is 0. The van der Waals surface area contributed by atoms with Crippen molar-refractivity contribution in [2.75, 3.05) is 0 Å². The van der Waals surface area contributed by atoms with Crippen molar-refractivity contribution >= 4 is 0 Å². The first kappa shape index (κ1) is 37.5. The molecule has 0 amide bonds. The van der Waals surface area contributed by atoms with Gasteiger partial charge in [0.15, 0.2) is 0 Å². The summed E-state index contributed by atoms with van der Waals surface area (Å²) < 4.78 is 5.75. The molecule has 0 atom stereocenters. The molecule has 1 heterocycles. The number of nitrogens with zero attached hydrogens (tertiary/aromatic N) is 1. The molecule has 1 aromatic carbocycles. The molecule has 1 radical (unpaired) electrons. The number of aromatic nitrogens is 1. The van der Waals surface area contributed by atoms with Crippen LogP contribution >= 0.6 is 0 Å². The van der Waals surface area contributed by atoms with Gasteiger partial charge in [0.1, 0.15) is 0 Å². The van der Waals surface area contributed by atoms with E-state index in [1.54, 1.807) is 12.4 Å². The molecule has 0 spiro atoms. The first-order valence-corrected chi connectivity index (χ1v) is 8.85. The molecule has 0 aliphatic carbocycles. The van der Waals surface area contributed by atoms with Crippen LogP contribution in [0.1, 0.15) is 78.0 Å². The Morgan fingerprint density at radius 3 is 0.708 bits per heavy atom. The molecule has 24 heavy (non-hydrogen) atoms. The summed E-state index contributed by atoms with van der Waals surface area (Å²) in [5, 5.41) is 0. The van der Waals surface area contributed by atoms with Crippen LogP contribution in [-0.4, -0.2) is 4.98 Å². The summed E-state index contributed by atoms with van der Waals surface area (Å²) in [5.41, 5.74) is 0. The third-order valence-corrected chi connectivity index (χ3v) is 1.23. The molecular weight excluding hydrogens is 525 g/mol. The van der Waals surface area contributed by atoms with Crippen molar-refractivity contribution in [3.63, 3.8) is 0 Å². The van der Waals surface area contributed by atoms with E-state index < -0.39 is 0 Å². The van der Waals surface area contributed by atoms with Crippen molar-refractivity contribution < 1.29 is 1.37 Å². The minimum atomic E-state index is 0. The van der Waals surface area contributed by atoms with E-state index in [0.717, 1.165) is 0 Å². The van der Waals surface area contributed by atoms with Crippen molar-refractivity contribution in [1.29, 1.82) is 0 Å². The number of pyridine rings is 1. The van der Waals surface area contributed by atoms with Crippen LogP contribution < -0.4 is 0 Å². The second-order valence-corrected chi connectivity index (χ2v) is 2.18. The molecule has 1 nitrogen and oxygen atoms in total. The van der Waals surface area contributed by atoms with Crippen LogP contribution in [0.25, 0.3) is 0 Å². The average Bonchev–Trinajstić information content (AvgIpc) is 2.79. The second-order valence-electron chi connectivity index (χ2n) is 2.18. The molecule has 2 rings (SSSR count). The topological polar surface area (TPSA) is 12.9 Å². The molecule has 0 saturated heterocycles. The Bertz CT molecular complexity index is 193. The van der Waals surface area contributed by atoms with Gasteiger partial charge in [-0.15, -0.1) is 0 Å². The van der Waals surface area contributed by atoms with Crippen LogP contribution in [0, 0.1) is 0 Å². The fraction of sp³-hybridized carbons (Fsp3) is 0.500. The van der Waals surface area contributed by atoms with Gasteiger partial charge in [-0.2, -0.15) is 0 Å². The molecule has 0 N–H and O–H groups in total. The Kier molecular flexibility index (Phi) is 136. The van der Waals surface area contributed by atoms with E-state index in [0.29, 0.717) is 0 Å². The zero-order valence-electron chi connectivity index (χ0n) is 19.1. The van der Waals surface area contributed by atoms with Gasteiger partial charge in [0.05, 0.1) is 0 Å². The fourth-order valence-corrected chi connectivity index (χ4v) is 0.698. The van der Waals surface area contributed by atoms with E-state index >= 15 is 0 Å². The van der Waals surface area contributed by atoms with Gasteiger partial charge in [0.2, 0.25) is 0 Å². The Morgan fingerprint density at radius 2 is 0.625 bits per heavy atom. The van der Waals surface area contributed by atoms with Gasteiger partial charge in [-0.1, -0.05) is 119 Å². The predicted molar refractivity (Wildman–Crippen MR) is 114 cm³/mol. The summed E-state index contributed by atoms with van der Waals surface area (Å²) in [6.45, 7) is 20.0. The van der Waals surface area contributed by atoms with Gasteiger partial charge >= 0.3 is 0 Å². The van der Waals surface area contributed by atoms with Crippen molar-refractivity contribution in [1.82, 2.24) is 4.98 Å². The maximum absolute atomic E-state index is 5.75. The van der Waals surface area contributed by atoms with E-state index in [9.17, 15) is 0 Å². The van der Waals surface area contributed by atoms with Crippen molar-refractivity contribution in [2.24, 2.45) is 0 Å². The molecule has 2 aromatic rings. The maximum Gasteiger partial charge on any atom is 0.0267 e. The predicted octanol–water partition coefficient (Wildman–Crippen LogP) is 8.54. The van der Waals surface area contributed by atoms with Crippen LogP contribution in [0.5, 0.6) is 0 Å². The van der Waals surface area contributed by atoms with Gasteiger partial charge in [-0.25, -0.2) is 0 Å². The molecule has 2 heteroatoms. The fourth-order valence-electron chi connectivity index (χ4n) is 0.698. The van der Waals surface area contributed by atoms with Gasteiger partial charge in [0.25, 0.3) is 0 Å². The Hall–Kier alpha value is -2.63. The largest absolute Gasteiger partial charge is 0.265 e. The monoisotopic (exact) mass is 571 g/mol. The zero-order chi connectivity index (χ0) is 20.5. The first-order chi connectivity index (χ1) is 12.0. The summed E-state index contributed by atoms with van der Waals surface area (Å²) in [4.78, 5) is 3.78. The minimum absolute atomic E-state index is 0. The number of rotatable bonds is 0. The minimum Gasteiger partial charge on any atom is -0.265 e. The molecule has 0 unspecified atom stereocenters. The summed E-state index contributed by atoms with van der Waals surface area (Å²) in [6.07, 6.45) is 3.50. The maximum atomic E-state index is 5.75. The van der Waals surface area contributed by atoms with Crippen molar-refractivity contribution in [2.45, 2.75) is 76.6 Å². The normalized spacial score (nSPS) is 5.54. The van der Waals surface area contributed by atoms with E-state index in [4.69, 9.17) is 1.37 Å². The molecule has 0 bridgehead atoms. The summed E-state index contributed by atoms with van der Waals surface area (Å²) in [6, 6.07) is 17.7. The summed E-state index contributed by atoms with van der Waals surface area (Å²) in [7, 11) is 1.25.